The van der Waals surface area contributed by atoms with Crippen molar-refractivity contribution in [2.45, 2.75) is 195 Å². The zero-order valence-electron chi connectivity index (χ0n) is 67.6. The van der Waals surface area contributed by atoms with E-state index in [1.165, 1.54) is 9.80 Å². The number of pyridine rings is 2. The van der Waals surface area contributed by atoms with Gasteiger partial charge in [0.05, 0.1) is 76.2 Å². The van der Waals surface area contributed by atoms with Gasteiger partial charge in [0.15, 0.2) is 0 Å². The third kappa shape index (κ3) is 21.8. The molecular weight excluding hydrogens is 1500 g/mol. The second kappa shape index (κ2) is 37.1. The van der Waals surface area contributed by atoms with E-state index in [-0.39, 0.29) is 63.4 Å². The van der Waals surface area contributed by atoms with Gasteiger partial charge in [0, 0.05) is 70.8 Å². The van der Waals surface area contributed by atoms with E-state index in [4.69, 9.17) is 62.2 Å². The molecule has 5 amide bonds. The molecule has 2 saturated heterocycles. The van der Waals surface area contributed by atoms with Crippen molar-refractivity contribution >= 4 is 72.9 Å². The lowest BCUT2D eigenvalue weighted by Crippen LogP contribution is -3.00. The Morgan fingerprint density at radius 3 is 1.29 bits per heavy atom. The maximum atomic E-state index is 14.7. The Morgan fingerprint density at radius 2 is 0.955 bits per heavy atom. The first-order valence-electron chi connectivity index (χ1n) is 37.5. The van der Waals surface area contributed by atoms with Crippen LogP contribution in [0.1, 0.15) is 136 Å². The number of rotatable bonds is 27. The highest BCUT2D eigenvalue weighted by molar-refractivity contribution is 7.56. The summed E-state index contributed by atoms with van der Waals surface area (Å²) in [6.07, 6.45) is 1.63. The van der Waals surface area contributed by atoms with Crippen molar-refractivity contribution in [1.29, 1.82) is 0 Å². The van der Waals surface area contributed by atoms with E-state index in [0.717, 1.165) is 16.5 Å². The summed E-state index contributed by atoms with van der Waals surface area (Å²) in [4.78, 5) is 93.6. The van der Waals surface area contributed by atoms with Crippen molar-refractivity contribution < 1.29 is 102 Å². The van der Waals surface area contributed by atoms with E-state index in [0.29, 0.717) is 76.9 Å². The number of carboxylic acid groups (broad SMARTS) is 1. The van der Waals surface area contributed by atoms with Gasteiger partial charge in [0.1, 0.15) is 81.1 Å². The molecule has 2 aliphatic heterocycles. The number of nitrogens with one attached hydrogen (secondary N) is 3. The molecule has 4 heterocycles. The molecule has 2 aromatic heterocycles. The number of benzene rings is 4. The van der Waals surface area contributed by atoms with Crippen molar-refractivity contribution in [2.24, 2.45) is 28.4 Å². The summed E-state index contributed by atoms with van der Waals surface area (Å²) >= 11 is 0. The Morgan fingerprint density at radius 1 is 0.571 bits per heavy atom. The van der Waals surface area contributed by atoms with Gasteiger partial charge in [-0.3, -0.25) is 23.5 Å². The number of alkyl carbamates (subject to hydrolysis) is 2. The summed E-state index contributed by atoms with van der Waals surface area (Å²) in [5.74, 6) is -0.757. The van der Waals surface area contributed by atoms with Crippen LogP contribution in [0.15, 0.2) is 135 Å². The standard InChI is InChI=1S/C41H55N4O9P.C32H39N3O7.C9H18NO3P.ClH/c1-11-27-24-41(27,55(49,51-12-2)52-13-3)44-36(46)33-22-29(25-45(33)37(47)35(39(4,5)6)43-38(48)54-40(7,8)9)53-34-23-31(26-17-15-14-16-18-26)42-32-21-28(50-10)19-20-30(32)34;1-31(2,3)27(34-30(39)42-32(4,5)6)28(36)35-18-21(16-25(35)29(37)38)41-26-17-23(19-11-9-8-10-12-19)33-24-15-20(40-7)13-14-22(24)26;1-4-8-7-9(8,10)14(11,12-5-2)13-6-3;/h11,14-21,23,27,29,33,35H,1,12-13,22,24-25H2,2-10H3,(H,43,48)(H,44,46);8-15,17,21,25,27H,16,18H2,1-7H3,(H,34,39)(H,37,38);4,8H,1,5-7,10H2,2-3H3;1H/p-1/t27?,29-,33+,35-,41?;21-,25+,27-;;/m11../s1. The first-order valence-corrected chi connectivity index (χ1v) is 40.6. The van der Waals surface area contributed by atoms with Crippen LogP contribution in [0.2, 0.25) is 0 Å². The quantitative estimate of drug-likeness (QED) is 0.0236. The lowest BCUT2D eigenvalue weighted by molar-refractivity contribution is -0.150. The number of aromatic nitrogens is 2. The Bertz CT molecular complexity index is 4420. The molecule has 10 atom stereocenters. The third-order valence-corrected chi connectivity index (χ3v) is 24.6. The minimum absolute atomic E-state index is 0. The second-order valence-electron chi connectivity index (χ2n) is 31.9. The number of carbonyl (C=O) groups excluding carboxylic acids is 5. The number of nitrogens with two attached hydrogens (primary N) is 1. The summed E-state index contributed by atoms with van der Waals surface area (Å²) in [7, 11) is -3.86. The smallest absolute Gasteiger partial charge is 0.408 e. The highest BCUT2D eigenvalue weighted by atomic mass is 35.5. The minimum atomic E-state index is -3.87. The molecule has 4 aromatic carbocycles. The Balaban J connectivity index is 0.000000269. The number of hydrogen-bond donors (Lipinski definition) is 5. The number of likely N-dealkylation sites (tertiary alicyclic amines) is 2. The van der Waals surface area contributed by atoms with Crippen molar-refractivity contribution in [2.75, 3.05) is 53.7 Å². The molecule has 6 N–H and O–H groups in total. The number of carboxylic acids is 1. The molecule has 0 bridgehead atoms. The lowest BCUT2D eigenvalue weighted by Gasteiger charge is -2.36. The van der Waals surface area contributed by atoms with Crippen LogP contribution in [0.4, 0.5) is 9.59 Å². The molecule has 0 spiro atoms. The van der Waals surface area contributed by atoms with Gasteiger partial charge in [-0.25, -0.2) is 24.4 Å². The third-order valence-electron chi connectivity index (χ3n) is 19.0. The molecule has 4 unspecified atom stereocenters. The predicted octanol–water partition coefficient (Wildman–Crippen LogP) is 11.9. The number of amides is 5. The summed E-state index contributed by atoms with van der Waals surface area (Å²) in [5.41, 5.74) is 7.29. The van der Waals surface area contributed by atoms with Crippen molar-refractivity contribution in [1.82, 2.24) is 35.7 Å². The Kier molecular flexibility index (Phi) is 30.0. The molecule has 10 rings (SSSR count). The van der Waals surface area contributed by atoms with E-state index in [2.05, 4.69) is 29.1 Å². The van der Waals surface area contributed by atoms with Crippen LogP contribution < -0.4 is 53.0 Å². The van der Waals surface area contributed by atoms with Crippen molar-refractivity contribution in [3.05, 3.63) is 135 Å². The summed E-state index contributed by atoms with van der Waals surface area (Å²) in [6, 6.07) is 29.6. The number of fused-ring (bicyclic) bond motifs is 2. The predicted molar refractivity (Wildman–Crippen MR) is 426 cm³/mol. The van der Waals surface area contributed by atoms with Crippen LogP contribution in [-0.4, -0.2) is 173 Å². The van der Waals surface area contributed by atoms with Crippen LogP contribution in [-0.2, 0) is 55.9 Å². The molecule has 2 aliphatic carbocycles. The second-order valence-corrected chi connectivity index (χ2v) is 36.5. The number of aliphatic carboxylic acids is 1. The topological polar surface area (TPSA) is 343 Å². The maximum Gasteiger partial charge on any atom is 0.408 e. The van der Waals surface area contributed by atoms with Crippen LogP contribution in [0.3, 0.4) is 0 Å². The molecule has 6 aromatic rings. The summed E-state index contributed by atoms with van der Waals surface area (Å²) in [5, 5.41) is 17.8. The molecule has 30 heteroatoms. The Labute approximate surface area is 663 Å². The van der Waals surface area contributed by atoms with E-state index in [1.807, 2.05) is 124 Å². The first-order chi connectivity index (χ1) is 52.1. The molecule has 0 radical (unpaired) electrons. The average molecular weight is 1610 g/mol. The summed E-state index contributed by atoms with van der Waals surface area (Å²) in [6.45, 7) is 36.7. The zero-order chi connectivity index (χ0) is 82.0. The Hall–Kier alpha value is -8.65. The monoisotopic (exact) mass is 1610 g/mol. The normalized spacial score (nSPS) is 21.3. The van der Waals surface area contributed by atoms with Gasteiger partial charge in [-0.1, -0.05) is 114 Å². The van der Waals surface area contributed by atoms with Gasteiger partial charge in [-0.15, -0.1) is 13.2 Å². The number of nitrogens with zero attached hydrogens (tertiary/aromatic N) is 4. The molecule has 4 aliphatic rings. The van der Waals surface area contributed by atoms with Crippen LogP contribution in [0.5, 0.6) is 23.0 Å². The molecule has 2 saturated carbocycles. The zero-order valence-corrected chi connectivity index (χ0v) is 70.1. The molecular formula is C82H112ClN8O19P2-. The molecule has 27 nitrogen and oxygen atoms in total. The van der Waals surface area contributed by atoms with E-state index < -0.39 is 120 Å². The largest absolute Gasteiger partial charge is 1.00 e. The minimum Gasteiger partial charge on any atom is -1.00 e. The summed E-state index contributed by atoms with van der Waals surface area (Å²) < 4.78 is 83.3. The number of carbonyl (C=O) groups is 6. The number of hydrogen-bond acceptors (Lipinski definition) is 21. The van der Waals surface area contributed by atoms with E-state index in [1.54, 1.807) is 122 Å². The fourth-order valence-electron chi connectivity index (χ4n) is 13.4. The SMILES string of the molecule is C=CC1CC1(N)P(=O)(OCC)OCC.C=CC1CC1(NC(=O)[C@@H]1C[C@@H](Oc2cc(-c3ccccc3)nc3cc(OC)ccc23)CN1C(=O)[C@@H](NC(=O)OC(C)(C)C)C(C)(C)C)P(=O)(OCC)OCC.COc1ccc2c(O[C@@H]3C[C@@H](C(=O)O)N(C(=O)[C@@H](NC(=O)OC(C)(C)C)C(C)(C)C)C3)cc(-c3ccccc3)nc2c1.[Cl-]. The maximum absolute atomic E-state index is 14.7. The van der Waals surface area contributed by atoms with Gasteiger partial charge >= 0.3 is 33.3 Å². The highest BCUT2D eigenvalue weighted by Gasteiger charge is 2.69. The fourth-order valence-corrected chi connectivity index (χ4v) is 17.9. The fraction of sp³-hybridized carbons (Fsp3) is 0.512. The molecule has 612 valence electrons. The molecule has 112 heavy (non-hydrogen) atoms. The van der Waals surface area contributed by atoms with Gasteiger partial charge < -0.3 is 95.5 Å². The van der Waals surface area contributed by atoms with Gasteiger partial charge in [0.2, 0.25) is 17.7 Å². The van der Waals surface area contributed by atoms with Crippen LogP contribution in [0.25, 0.3) is 44.3 Å². The number of methoxy groups -OCH3 is 2. The molecule has 4 fully saturated rings. The van der Waals surface area contributed by atoms with Crippen molar-refractivity contribution in [3.8, 4) is 45.5 Å². The van der Waals surface area contributed by atoms with E-state index in [9.17, 15) is 43.0 Å². The first kappa shape index (κ1) is 90.5. The highest BCUT2D eigenvalue weighted by Crippen LogP contribution is 2.73. The van der Waals surface area contributed by atoms with Gasteiger partial charge in [0.25, 0.3) is 0 Å². The van der Waals surface area contributed by atoms with Crippen LogP contribution in [0, 0.1) is 22.7 Å². The lowest BCUT2D eigenvalue weighted by atomic mass is 9.85. The number of ether oxygens (including phenoxy) is 6. The van der Waals surface area contributed by atoms with Crippen molar-refractivity contribution in [3.63, 3.8) is 0 Å². The van der Waals surface area contributed by atoms with Gasteiger partial charge in [-0.2, -0.15) is 0 Å². The van der Waals surface area contributed by atoms with E-state index >= 15 is 0 Å². The average Bonchev–Trinajstić information content (AvgIpc) is 1.55. The van der Waals surface area contributed by atoms with Gasteiger partial charge in [-0.05, 0) is 117 Å². The number of halogens is 1. The van der Waals surface area contributed by atoms with Crippen LogP contribution >= 0.6 is 15.2 Å².